The highest BCUT2D eigenvalue weighted by Gasteiger charge is 2.34. The number of benzene rings is 2. The summed E-state index contributed by atoms with van der Waals surface area (Å²) in [6.07, 6.45) is 1.33. The number of rotatable bonds is 9. The molecule has 2 heterocycles. The standard InChI is InChI=1S/C28H29N3O9S/c1-7-39-27(34)23-15(4)29-28-30(24(23)17-8-9-19(40-14(2)3)20(13-17)37-5)26(33)22(41-28)12-16-10-18(31(35)36)25(32)21(11-16)38-6/h8-14,24,32H,7H2,1-6H3/b22-12-/t24-/m1/s1. The minimum absolute atomic E-state index is 0.112. The molecule has 13 heteroatoms. The molecular weight excluding hydrogens is 554 g/mol. The Kier molecular flexibility index (Phi) is 8.47. The van der Waals surface area contributed by atoms with Crippen LogP contribution in [-0.2, 0) is 9.53 Å². The lowest BCUT2D eigenvalue weighted by Gasteiger charge is -2.25. The van der Waals surface area contributed by atoms with Gasteiger partial charge in [-0.2, -0.15) is 0 Å². The highest BCUT2D eigenvalue weighted by Crippen LogP contribution is 2.38. The topological polar surface area (TPSA) is 152 Å². The summed E-state index contributed by atoms with van der Waals surface area (Å²) >= 11 is 1.05. The van der Waals surface area contributed by atoms with Gasteiger partial charge in [-0.05, 0) is 63.1 Å². The lowest BCUT2D eigenvalue weighted by atomic mass is 9.95. The maximum absolute atomic E-state index is 13.9. The Morgan fingerprint density at radius 3 is 2.51 bits per heavy atom. The van der Waals surface area contributed by atoms with Gasteiger partial charge >= 0.3 is 11.7 Å². The number of nitro benzene ring substituents is 1. The number of aromatic hydroxyl groups is 1. The SMILES string of the molecule is CCOC(=O)C1=C(C)N=c2s/c(=C\c3cc(OC)c(O)c([N+](=O)[O-])c3)c(=O)n2[C@@H]1c1ccc(OC(C)C)c(OC)c1. The Bertz CT molecular complexity index is 1740. The van der Waals surface area contributed by atoms with Crippen molar-refractivity contribution in [2.45, 2.75) is 39.8 Å². The van der Waals surface area contributed by atoms with Crippen molar-refractivity contribution < 1.29 is 33.8 Å². The van der Waals surface area contributed by atoms with Crippen LogP contribution in [0.5, 0.6) is 23.0 Å². The van der Waals surface area contributed by atoms with Crippen molar-refractivity contribution in [2.75, 3.05) is 20.8 Å². The van der Waals surface area contributed by atoms with Gasteiger partial charge in [0.25, 0.3) is 5.56 Å². The molecule has 0 unspecified atom stereocenters. The zero-order valence-electron chi connectivity index (χ0n) is 23.3. The van der Waals surface area contributed by atoms with E-state index in [1.165, 1.54) is 30.9 Å². The molecule has 4 rings (SSSR count). The van der Waals surface area contributed by atoms with Crippen molar-refractivity contribution in [2.24, 2.45) is 4.99 Å². The van der Waals surface area contributed by atoms with Crippen LogP contribution in [0.2, 0.25) is 0 Å². The number of carbonyl (C=O) groups is 1. The second kappa shape index (κ2) is 11.8. The van der Waals surface area contributed by atoms with Gasteiger partial charge in [0.05, 0.1) is 53.7 Å². The second-order valence-corrected chi connectivity index (χ2v) is 10.2. The predicted molar refractivity (Wildman–Crippen MR) is 150 cm³/mol. The molecule has 12 nitrogen and oxygen atoms in total. The molecule has 0 radical (unpaired) electrons. The molecule has 0 saturated carbocycles. The third-order valence-electron chi connectivity index (χ3n) is 6.17. The van der Waals surface area contributed by atoms with E-state index in [0.717, 1.165) is 17.4 Å². The second-order valence-electron chi connectivity index (χ2n) is 9.23. The van der Waals surface area contributed by atoms with Gasteiger partial charge in [0, 0.05) is 6.07 Å². The Balaban J connectivity index is 1.97. The highest BCUT2D eigenvalue weighted by atomic mass is 32.1. The Morgan fingerprint density at radius 2 is 1.90 bits per heavy atom. The fourth-order valence-electron chi connectivity index (χ4n) is 4.46. The summed E-state index contributed by atoms with van der Waals surface area (Å²) in [5.41, 5.74) is 0.329. The monoisotopic (exact) mass is 583 g/mol. The average molecular weight is 584 g/mol. The van der Waals surface area contributed by atoms with Gasteiger partial charge in [0.15, 0.2) is 22.0 Å². The van der Waals surface area contributed by atoms with E-state index in [-0.39, 0.29) is 34.1 Å². The molecule has 1 aliphatic heterocycles. The summed E-state index contributed by atoms with van der Waals surface area (Å²) in [6.45, 7) is 7.24. The summed E-state index contributed by atoms with van der Waals surface area (Å²) in [7, 11) is 2.76. The number of methoxy groups -OCH3 is 2. The van der Waals surface area contributed by atoms with Crippen molar-refractivity contribution in [3.05, 3.63) is 82.5 Å². The molecule has 1 atom stereocenters. The maximum atomic E-state index is 13.9. The molecule has 1 N–H and O–H groups in total. The number of fused-ring (bicyclic) bond motifs is 1. The Hall–Kier alpha value is -4.65. The molecule has 2 aromatic carbocycles. The van der Waals surface area contributed by atoms with E-state index < -0.39 is 33.9 Å². The lowest BCUT2D eigenvalue weighted by molar-refractivity contribution is -0.386. The van der Waals surface area contributed by atoms with Crippen LogP contribution in [0.25, 0.3) is 6.08 Å². The molecule has 0 aliphatic carbocycles. The number of hydrogen-bond donors (Lipinski definition) is 1. The smallest absolute Gasteiger partial charge is 0.338 e. The van der Waals surface area contributed by atoms with E-state index in [2.05, 4.69) is 4.99 Å². The number of thiazole rings is 1. The van der Waals surface area contributed by atoms with Crippen molar-refractivity contribution in [3.63, 3.8) is 0 Å². The zero-order valence-corrected chi connectivity index (χ0v) is 24.1. The largest absolute Gasteiger partial charge is 0.500 e. The van der Waals surface area contributed by atoms with Gasteiger partial charge in [0.2, 0.25) is 5.75 Å². The number of carbonyl (C=O) groups excluding carboxylic acids is 1. The van der Waals surface area contributed by atoms with Gasteiger partial charge in [0.1, 0.15) is 0 Å². The molecule has 1 aromatic heterocycles. The summed E-state index contributed by atoms with van der Waals surface area (Å²) in [5.74, 6) is -0.440. The number of esters is 1. The molecule has 0 amide bonds. The summed E-state index contributed by atoms with van der Waals surface area (Å²) in [4.78, 5) is 42.6. The number of hydrogen-bond acceptors (Lipinski definition) is 11. The molecule has 0 spiro atoms. The van der Waals surface area contributed by atoms with Crippen LogP contribution in [0.15, 0.2) is 51.4 Å². The minimum atomic E-state index is -0.904. The van der Waals surface area contributed by atoms with Crippen molar-refractivity contribution in [3.8, 4) is 23.0 Å². The molecule has 0 saturated heterocycles. The van der Waals surface area contributed by atoms with Crippen molar-refractivity contribution >= 4 is 29.1 Å². The fraction of sp³-hybridized carbons (Fsp3) is 0.321. The van der Waals surface area contributed by atoms with Crippen LogP contribution in [0.4, 0.5) is 5.69 Å². The molecule has 0 bridgehead atoms. The third-order valence-corrected chi connectivity index (χ3v) is 7.16. The Morgan fingerprint density at radius 1 is 1.20 bits per heavy atom. The van der Waals surface area contributed by atoms with Crippen LogP contribution < -0.4 is 29.1 Å². The van der Waals surface area contributed by atoms with E-state index in [9.17, 15) is 24.8 Å². The quantitative estimate of drug-likeness (QED) is 0.227. The summed E-state index contributed by atoms with van der Waals surface area (Å²) in [6, 6.07) is 6.77. The number of phenolic OH excluding ortho intramolecular Hbond substituents is 1. The summed E-state index contributed by atoms with van der Waals surface area (Å²) in [5, 5.41) is 21.6. The number of nitro groups is 1. The normalized spacial score (nSPS) is 14.9. The highest BCUT2D eigenvalue weighted by molar-refractivity contribution is 7.07. The van der Waals surface area contributed by atoms with Gasteiger partial charge in [-0.15, -0.1) is 0 Å². The fourth-order valence-corrected chi connectivity index (χ4v) is 5.50. The predicted octanol–water partition coefficient (Wildman–Crippen LogP) is 3.22. The average Bonchev–Trinajstić information content (AvgIpc) is 3.22. The van der Waals surface area contributed by atoms with Crippen molar-refractivity contribution in [1.82, 2.24) is 4.57 Å². The number of nitrogens with zero attached hydrogens (tertiary/aromatic N) is 3. The first-order valence-electron chi connectivity index (χ1n) is 12.6. The summed E-state index contributed by atoms with van der Waals surface area (Å²) < 4.78 is 23.4. The van der Waals surface area contributed by atoms with Crippen LogP contribution in [-0.4, -0.2) is 47.5 Å². The number of ether oxygens (including phenoxy) is 4. The van der Waals surface area contributed by atoms with E-state index in [1.54, 1.807) is 32.0 Å². The molecule has 41 heavy (non-hydrogen) atoms. The molecule has 1 aliphatic rings. The number of allylic oxidation sites excluding steroid dienone is 1. The van der Waals surface area contributed by atoms with Crippen LogP contribution in [0.1, 0.15) is 44.9 Å². The first kappa shape index (κ1) is 29.3. The van der Waals surface area contributed by atoms with E-state index >= 15 is 0 Å². The van der Waals surface area contributed by atoms with E-state index in [0.29, 0.717) is 27.6 Å². The Labute approximate surface area is 238 Å². The van der Waals surface area contributed by atoms with E-state index in [1.807, 2.05) is 13.8 Å². The molecule has 0 fully saturated rings. The first-order valence-corrected chi connectivity index (χ1v) is 13.4. The van der Waals surface area contributed by atoms with Gasteiger partial charge in [-0.3, -0.25) is 19.5 Å². The third kappa shape index (κ3) is 5.66. The van der Waals surface area contributed by atoms with Gasteiger partial charge < -0.3 is 24.1 Å². The van der Waals surface area contributed by atoms with Gasteiger partial charge in [-0.1, -0.05) is 17.4 Å². The van der Waals surface area contributed by atoms with Gasteiger partial charge in [-0.25, -0.2) is 9.79 Å². The maximum Gasteiger partial charge on any atom is 0.338 e. The van der Waals surface area contributed by atoms with Crippen molar-refractivity contribution in [1.29, 1.82) is 0 Å². The molecular formula is C28H29N3O9S. The first-order chi connectivity index (χ1) is 19.5. The zero-order chi connectivity index (χ0) is 30.0. The lowest BCUT2D eigenvalue weighted by Crippen LogP contribution is -2.40. The van der Waals surface area contributed by atoms with Crippen LogP contribution in [0, 0.1) is 10.1 Å². The minimum Gasteiger partial charge on any atom is -0.500 e. The number of aromatic nitrogens is 1. The number of phenols is 1. The van der Waals surface area contributed by atoms with E-state index in [4.69, 9.17) is 18.9 Å². The molecule has 216 valence electrons. The molecule has 3 aromatic rings. The van der Waals surface area contributed by atoms with Crippen LogP contribution >= 0.6 is 11.3 Å². The van der Waals surface area contributed by atoms with Crippen LogP contribution in [0.3, 0.4) is 0 Å².